The molecule has 0 saturated heterocycles. The van der Waals surface area contributed by atoms with E-state index in [2.05, 4.69) is 121 Å². The van der Waals surface area contributed by atoms with Crippen LogP contribution in [0.1, 0.15) is 0 Å². The minimum Gasteiger partial charge on any atom is -0.344 e. The number of rotatable bonds is 3. The lowest BCUT2D eigenvalue weighted by Gasteiger charge is -2.22. The first-order chi connectivity index (χ1) is 13.8. The van der Waals surface area contributed by atoms with E-state index in [1.54, 1.807) is 0 Å². The van der Waals surface area contributed by atoms with Gasteiger partial charge in [-0.15, -0.1) is 0 Å². The molecule has 134 valence electrons. The Hall–Kier alpha value is -3.58. The fourth-order valence-electron chi connectivity index (χ4n) is 3.89. The predicted molar refractivity (Wildman–Crippen MR) is 121 cm³/mol. The van der Waals surface area contributed by atoms with E-state index < -0.39 is 0 Å². The summed E-state index contributed by atoms with van der Waals surface area (Å²) in [7, 11) is 2.14. The molecular formula is C27H21N. The third-order valence-electron chi connectivity index (χ3n) is 5.45. The molecule has 0 aliphatic heterocycles. The second-order valence-electron chi connectivity index (χ2n) is 7.17. The summed E-state index contributed by atoms with van der Waals surface area (Å²) >= 11 is 0. The highest BCUT2D eigenvalue weighted by Crippen LogP contribution is 2.33. The molecule has 0 amide bonds. The van der Waals surface area contributed by atoms with Gasteiger partial charge in [-0.2, -0.15) is 0 Å². The second-order valence-corrected chi connectivity index (χ2v) is 7.17. The lowest BCUT2D eigenvalue weighted by atomic mass is 10.0. The molecule has 0 radical (unpaired) electrons. The summed E-state index contributed by atoms with van der Waals surface area (Å²) < 4.78 is 0. The number of nitrogens with zero attached hydrogens (tertiary/aromatic N) is 1. The van der Waals surface area contributed by atoms with Crippen LogP contribution < -0.4 is 4.90 Å². The Labute approximate surface area is 165 Å². The second kappa shape index (κ2) is 6.86. The average Bonchev–Trinajstić information content (AvgIpc) is 2.78. The molecule has 0 fully saturated rings. The van der Waals surface area contributed by atoms with E-state index in [-0.39, 0.29) is 0 Å². The van der Waals surface area contributed by atoms with Crippen LogP contribution in [0.15, 0.2) is 109 Å². The molecule has 5 aromatic rings. The molecule has 5 aromatic carbocycles. The Morgan fingerprint density at radius 1 is 0.500 bits per heavy atom. The maximum atomic E-state index is 2.28. The Kier molecular flexibility index (Phi) is 4.06. The molecule has 5 rings (SSSR count). The molecule has 1 heteroatoms. The highest BCUT2D eigenvalue weighted by molar-refractivity contribution is 5.97. The van der Waals surface area contributed by atoms with Gasteiger partial charge in [0.05, 0.1) is 0 Å². The van der Waals surface area contributed by atoms with Gasteiger partial charge in [0.1, 0.15) is 0 Å². The van der Waals surface area contributed by atoms with Gasteiger partial charge in [-0.25, -0.2) is 0 Å². The van der Waals surface area contributed by atoms with Crippen molar-refractivity contribution in [2.45, 2.75) is 0 Å². The molecule has 0 spiro atoms. The molecule has 0 heterocycles. The molecule has 0 aliphatic carbocycles. The van der Waals surface area contributed by atoms with Crippen LogP contribution in [0.5, 0.6) is 0 Å². The van der Waals surface area contributed by atoms with Crippen molar-refractivity contribution in [3.8, 4) is 11.1 Å². The highest BCUT2D eigenvalue weighted by Gasteiger charge is 2.09. The Morgan fingerprint density at radius 2 is 1.25 bits per heavy atom. The summed E-state index contributed by atoms with van der Waals surface area (Å²) in [6.07, 6.45) is 0. The molecular weight excluding hydrogens is 338 g/mol. The number of anilines is 2. The van der Waals surface area contributed by atoms with Crippen LogP contribution in [0.3, 0.4) is 0 Å². The van der Waals surface area contributed by atoms with Crippen molar-refractivity contribution in [3.63, 3.8) is 0 Å². The third kappa shape index (κ3) is 2.91. The largest absolute Gasteiger partial charge is 0.344 e. The van der Waals surface area contributed by atoms with Crippen molar-refractivity contribution in [2.24, 2.45) is 0 Å². The predicted octanol–water partition coefficient (Wildman–Crippen LogP) is 7.43. The van der Waals surface area contributed by atoms with Gasteiger partial charge in [0.15, 0.2) is 0 Å². The zero-order chi connectivity index (χ0) is 18.9. The lowest BCUT2D eigenvalue weighted by molar-refractivity contribution is 1.23. The number of benzene rings is 5. The van der Waals surface area contributed by atoms with E-state index in [1.165, 1.54) is 44.0 Å². The molecule has 0 aromatic heterocycles. The van der Waals surface area contributed by atoms with Crippen LogP contribution in [-0.4, -0.2) is 7.05 Å². The van der Waals surface area contributed by atoms with Gasteiger partial charge >= 0.3 is 0 Å². The van der Waals surface area contributed by atoms with E-state index in [0.29, 0.717) is 0 Å². The molecule has 0 bridgehead atoms. The Bertz CT molecular complexity index is 1270. The van der Waals surface area contributed by atoms with Crippen LogP contribution in [0, 0.1) is 0 Å². The standard InChI is InChI=1S/C27H21N/c1-28(27-13-7-11-22-10-5-6-12-26(22)27)25-17-16-21-14-15-23(18-24(21)19-25)20-8-3-2-4-9-20/h2-19H,1H3. The molecule has 28 heavy (non-hydrogen) atoms. The number of hydrogen-bond donors (Lipinski definition) is 0. The van der Waals surface area contributed by atoms with Gasteiger partial charge in [-0.3, -0.25) is 0 Å². The highest BCUT2D eigenvalue weighted by atomic mass is 15.1. The van der Waals surface area contributed by atoms with E-state index in [9.17, 15) is 0 Å². The Morgan fingerprint density at radius 3 is 2.14 bits per heavy atom. The lowest BCUT2D eigenvalue weighted by Crippen LogP contribution is -2.09. The SMILES string of the molecule is CN(c1ccc2ccc(-c3ccccc3)cc2c1)c1cccc2ccccc12. The molecule has 0 atom stereocenters. The summed E-state index contributed by atoms with van der Waals surface area (Å²) in [6, 6.07) is 39.0. The van der Waals surface area contributed by atoms with Crippen LogP contribution in [0.25, 0.3) is 32.7 Å². The monoisotopic (exact) mass is 359 g/mol. The third-order valence-corrected chi connectivity index (χ3v) is 5.45. The summed E-state index contributed by atoms with van der Waals surface area (Å²) in [4.78, 5) is 2.27. The number of fused-ring (bicyclic) bond motifs is 2. The van der Waals surface area contributed by atoms with Crippen molar-refractivity contribution in [2.75, 3.05) is 11.9 Å². The van der Waals surface area contributed by atoms with Gasteiger partial charge in [0.2, 0.25) is 0 Å². The summed E-state index contributed by atoms with van der Waals surface area (Å²) in [5, 5.41) is 5.05. The van der Waals surface area contributed by atoms with Crippen molar-refractivity contribution < 1.29 is 0 Å². The van der Waals surface area contributed by atoms with Crippen molar-refractivity contribution >= 4 is 32.9 Å². The van der Waals surface area contributed by atoms with E-state index in [0.717, 1.165) is 0 Å². The molecule has 0 aliphatic rings. The first-order valence-corrected chi connectivity index (χ1v) is 9.60. The van der Waals surface area contributed by atoms with Crippen molar-refractivity contribution in [1.82, 2.24) is 0 Å². The first kappa shape index (κ1) is 16.6. The van der Waals surface area contributed by atoms with E-state index >= 15 is 0 Å². The van der Waals surface area contributed by atoms with Crippen LogP contribution >= 0.6 is 0 Å². The minimum absolute atomic E-state index is 1.19. The summed E-state index contributed by atoms with van der Waals surface area (Å²) in [5.41, 5.74) is 4.90. The maximum Gasteiger partial charge on any atom is 0.0487 e. The molecule has 0 saturated carbocycles. The fraction of sp³-hybridized carbons (Fsp3) is 0.0370. The van der Waals surface area contributed by atoms with Crippen molar-refractivity contribution in [1.29, 1.82) is 0 Å². The van der Waals surface area contributed by atoms with E-state index in [4.69, 9.17) is 0 Å². The zero-order valence-corrected chi connectivity index (χ0v) is 15.8. The normalized spacial score (nSPS) is 11.0. The topological polar surface area (TPSA) is 3.24 Å². The molecule has 0 unspecified atom stereocenters. The summed E-state index contributed by atoms with van der Waals surface area (Å²) in [5.74, 6) is 0. The minimum atomic E-state index is 1.19. The van der Waals surface area contributed by atoms with E-state index in [1.807, 2.05) is 0 Å². The first-order valence-electron chi connectivity index (χ1n) is 9.60. The van der Waals surface area contributed by atoms with Gasteiger partial charge < -0.3 is 4.90 Å². The van der Waals surface area contributed by atoms with Crippen LogP contribution in [0.2, 0.25) is 0 Å². The zero-order valence-electron chi connectivity index (χ0n) is 15.8. The van der Waals surface area contributed by atoms with Gasteiger partial charge in [0.25, 0.3) is 0 Å². The average molecular weight is 359 g/mol. The number of hydrogen-bond acceptors (Lipinski definition) is 1. The quantitative estimate of drug-likeness (QED) is 0.324. The maximum absolute atomic E-state index is 2.28. The van der Waals surface area contributed by atoms with Gasteiger partial charge in [-0.05, 0) is 51.6 Å². The van der Waals surface area contributed by atoms with Gasteiger partial charge in [0, 0.05) is 23.8 Å². The fourth-order valence-corrected chi connectivity index (χ4v) is 3.89. The van der Waals surface area contributed by atoms with Gasteiger partial charge in [-0.1, -0.05) is 84.9 Å². The molecule has 0 N–H and O–H groups in total. The Balaban J connectivity index is 1.60. The van der Waals surface area contributed by atoms with Crippen LogP contribution in [0.4, 0.5) is 11.4 Å². The van der Waals surface area contributed by atoms with Crippen LogP contribution in [-0.2, 0) is 0 Å². The summed E-state index contributed by atoms with van der Waals surface area (Å²) in [6.45, 7) is 0. The molecule has 1 nitrogen and oxygen atoms in total. The van der Waals surface area contributed by atoms with Crippen molar-refractivity contribution in [3.05, 3.63) is 109 Å². The smallest absolute Gasteiger partial charge is 0.0487 e.